The number of aliphatic hydroxyl groups is 2. The van der Waals surface area contributed by atoms with Crippen LogP contribution in [0.1, 0.15) is 32.6 Å². The highest BCUT2D eigenvalue weighted by Gasteiger charge is 2.71. The maximum atomic E-state index is 12.5. The van der Waals surface area contributed by atoms with Gasteiger partial charge in [-0.15, -0.1) is 0 Å². The molecule has 4 aliphatic rings. The molecule has 2 aliphatic heterocycles. The third kappa shape index (κ3) is 1.26. The van der Waals surface area contributed by atoms with Gasteiger partial charge in [0.2, 0.25) is 0 Å². The van der Waals surface area contributed by atoms with Crippen molar-refractivity contribution in [3.8, 4) is 0 Å². The zero-order valence-corrected chi connectivity index (χ0v) is 12.0. The predicted molar refractivity (Wildman–Crippen MR) is 73.7 cm³/mol. The van der Waals surface area contributed by atoms with Crippen molar-refractivity contribution in [2.24, 2.45) is 23.2 Å². The second-order valence-corrected chi connectivity index (χ2v) is 7.24. The fourth-order valence-electron chi connectivity index (χ4n) is 5.64. The minimum Gasteiger partial charge on any atom is -0.393 e. The van der Waals surface area contributed by atoms with Crippen molar-refractivity contribution in [1.82, 2.24) is 4.90 Å². The highest BCUT2D eigenvalue weighted by atomic mass is 16.3. The Hall–Kier alpha value is -0.710. The molecule has 0 aromatic heterocycles. The number of aliphatic hydroxyl groups excluding tert-OH is 1. The maximum Gasteiger partial charge on any atom is 0.137 e. The number of Topliss-reactive ketones (excluding diaryl/α,β-unsaturated/α-hetero) is 1. The van der Waals surface area contributed by atoms with Gasteiger partial charge in [0.05, 0.1) is 6.10 Å². The number of carbonyl (C=O) groups excluding carboxylic acids is 1. The molecule has 4 heteroatoms. The molecular formula is C16H23NO3. The van der Waals surface area contributed by atoms with Gasteiger partial charge in [-0.2, -0.15) is 0 Å². The smallest absolute Gasteiger partial charge is 0.137 e. The molecule has 2 bridgehead atoms. The first-order valence-electron chi connectivity index (χ1n) is 7.86. The molecule has 2 N–H and O–H groups in total. The van der Waals surface area contributed by atoms with Crippen molar-refractivity contribution in [2.75, 3.05) is 13.1 Å². The van der Waals surface area contributed by atoms with E-state index in [1.807, 2.05) is 6.92 Å². The summed E-state index contributed by atoms with van der Waals surface area (Å²) < 4.78 is 0. The minimum atomic E-state index is -0.946. The molecule has 0 amide bonds. The highest BCUT2D eigenvalue weighted by molar-refractivity contribution is 5.86. The van der Waals surface area contributed by atoms with E-state index in [2.05, 4.69) is 17.1 Å². The summed E-state index contributed by atoms with van der Waals surface area (Å²) in [5.74, 6) is 0.0545. The number of hydrogen-bond donors (Lipinski definition) is 2. The summed E-state index contributed by atoms with van der Waals surface area (Å²) in [6.07, 6.45) is 6.51. The third-order valence-corrected chi connectivity index (χ3v) is 6.46. The molecule has 2 heterocycles. The van der Waals surface area contributed by atoms with Crippen molar-refractivity contribution in [3.05, 3.63) is 12.2 Å². The van der Waals surface area contributed by atoms with Gasteiger partial charge >= 0.3 is 0 Å². The Labute approximate surface area is 119 Å². The summed E-state index contributed by atoms with van der Waals surface area (Å²) in [6.45, 7) is 3.61. The number of hydrogen-bond acceptors (Lipinski definition) is 4. The fraction of sp³-hybridized carbons (Fsp3) is 0.812. The summed E-state index contributed by atoms with van der Waals surface area (Å²) in [6, 6.07) is 0. The van der Waals surface area contributed by atoms with Crippen LogP contribution < -0.4 is 0 Å². The van der Waals surface area contributed by atoms with Gasteiger partial charge in [-0.05, 0) is 25.2 Å². The van der Waals surface area contributed by atoms with E-state index in [0.717, 1.165) is 25.9 Å². The Balaban J connectivity index is 1.96. The normalized spacial score (nSPS) is 57.4. The van der Waals surface area contributed by atoms with Crippen LogP contribution in [-0.4, -0.2) is 45.8 Å². The van der Waals surface area contributed by atoms with Crippen LogP contribution in [0.4, 0.5) is 0 Å². The zero-order valence-electron chi connectivity index (χ0n) is 12.0. The molecule has 7 atom stereocenters. The van der Waals surface area contributed by atoms with E-state index in [1.165, 1.54) is 0 Å². The second kappa shape index (κ2) is 3.93. The largest absolute Gasteiger partial charge is 0.393 e. The zero-order chi connectivity index (χ0) is 14.1. The molecule has 20 heavy (non-hydrogen) atoms. The van der Waals surface area contributed by atoms with Gasteiger partial charge < -0.3 is 10.2 Å². The molecular weight excluding hydrogens is 254 g/mol. The Morgan fingerprint density at radius 3 is 3.05 bits per heavy atom. The van der Waals surface area contributed by atoms with Crippen LogP contribution in [0.2, 0.25) is 0 Å². The average molecular weight is 277 g/mol. The molecule has 0 aromatic rings. The Morgan fingerprint density at radius 2 is 2.25 bits per heavy atom. The van der Waals surface area contributed by atoms with E-state index < -0.39 is 17.2 Å². The van der Waals surface area contributed by atoms with Gasteiger partial charge in [0, 0.05) is 36.8 Å². The first kappa shape index (κ1) is 13.0. The standard InChI is InChI=1S/C16H23NO3/c1-10-9-16(20)15-5-3-7-17(16)6-2-4-11(15)13(18)8-12(15)14(10)19/h3,5,10-12,14,19-20H,2,4,6-9H2,1H3/t10-,11+,12+,14+,15?,16-/m0/s1. The molecule has 0 aromatic carbocycles. The van der Waals surface area contributed by atoms with Crippen LogP contribution >= 0.6 is 0 Å². The quantitative estimate of drug-likeness (QED) is 0.647. The lowest BCUT2D eigenvalue weighted by Crippen LogP contribution is -2.69. The fourth-order valence-corrected chi connectivity index (χ4v) is 5.64. The first-order chi connectivity index (χ1) is 9.50. The summed E-state index contributed by atoms with van der Waals surface area (Å²) in [4.78, 5) is 14.7. The number of carbonyl (C=O) groups is 1. The van der Waals surface area contributed by atoms with Crippen molar-refractivity contribution in [1.29, 1.82) is 0 Å². The number of ketones is 1. The summed E-state index contributed by atoms with van der Waals surface area (Å²) in [5, 5.41) is 22.2. The van der Waals surface area contributed by atoms with E-state index in [4.69, 9.17) is 0 Å². The Bertz CT molecular complexity index is 490. The molecule has 0 radical (unpaired) electrons. The molecule has 4 rings (SSSR count). The van der Waals surface area contributed by atoms with Gasteiger partial charge in [-0.1, -0.05) is 19.1 Å². The Kier molecular flexibility index (Phi) is 2.55. The van der Waals surface area contributed by atoms with E-state index in [0.29, 0.717) is 12.8 Å². The van der Waals surface area contributed by atoms with Crippen molar-refractivity contribution in [3.63, 3.8) is 0 Å². The van der Waals surface area contributed by atoms with Gasteiger partial charge in [-0.3, -0.25) is 9.69 Å². The van der Waals surface area contributed by atoms with Crippen molar-refractivity contribution < 1.29 is 15.0 Å². The summed E-state index contributed by atoms with van der Waals surface area (Å²) in [7, 11) is 0. The van der Waals surface area contributed by atoms with Gasteiger partial charge in [0.1, 0.15) is 11.5 Å². The third-order valence-electron chi connectivity index (χ3n) is 6.46. The van der Waals surface area contributed by atoms with E-state index in [1.54, 1.807) is 0 Å². The lowest BCUT2D eigenvalue weighted by atomic mass is 9.54. The number of nitrogens with zero attached hydrogens (tertiary/aromatic N) is 1. The maximum absolute atomic E-state index is 12.5. The summed E-state index contributed by atoms with van der Waals surface area (Å²) >= 11 is 0. The van der Waals surface area contributed by atoms with Crippen LogP contribution in [0.5, 0.6) is 0 Å². The van der Waals surface area contributed by atoms with Gasteiger partial charge in [-0.25, -0.2) is 0 Å². The Morgan fingerprint density at radius 1 is 1.45 bits per heavy atom. The van der Waals surface area contributed by atoms with Crippen LogP contribution in [-0.2, 0) is 4.79 Å². The SMILES string of the molecule is C[C@H]1C[C@@]2(O)N3CC=CC24[C@H](CCC3)C(=O)C[C@@H]4[C@@H]1O. The molecule has 3 fully saturated rings. The molecule has 110 valence electrons. The molecule has 2 unspecified atom stereocenters. The van der Waals surface area contributed by atoms with Gasteiger partial charge in [0.25, 0.3) is 0 Å². The van der Waals surface area contributed by atoms with Crippen LogP contribution in [0.15, 0.2) is 12.2 Å². The molecule has 1 spiro atoms. The van der Waals surface area contributed by atoms with Crippen molar-refractivity contribution in [2.45, 2.75) is 44.4 Å². The van der Waals surface area contributed by atoms with Crippen LogP contribution in [0.3, 0.4) is 0 Å². The van der Waals surface area contributed by atoms with Gasteiger partial charge in [0.15, 0.2) is 0 Å². The van der Waals surface area contributed by atoms with Crippen LogP contribution in [0, 0.1) is 23.2 Å². The van der Waals surface area contributed by atoms with E-state index in [-0.39, 0.29) is 23.5 Å². The lowest BCUT2D eigenvalue weighted by molar-refractivity contribution is -0.249. The molecule has 2 saturated carbocycles. The average Bonchev–Trinajstić information content (AvgIpc) is 2.67. The van der Waals surface area contributed by atoms with E-state index in [9.17, 15) is 15.0 Å². The molecule has 1 saturated heterocycles. The first-order valence-corrected chi connectivity index (χ1v) is 7.86. The monoisotopic (exact) mass is 277 g/mol. The molecule has 2 aliphatic carbocycles. The molecule has 4 nitrogen and oxygen atoms in total. The second-order valence-electron chi connectivity index (χ2n) is 7.24. The topological polar surface area (TPSA) is 60.8 Å². The number of rotatable bonds is 0. The van der Waals surface area contributed by atoms with Crippen LogP contribution in [0.25, 0.3) is 0 Å². The highest BCUT2D eigenvalue weighted by Crippen LogP contribution is 2.64. The predicted octanol–water partition coefficient (Wildman–Crippen LogP) is 0.933. The van der Waals surface area contributed by atoms with Crippen molar-refractivity contribution >= 4 is 5.78 Å². The summed E-state index contributed by atoms with van der Waals surface area (Å²) in [5.41, 5.74) is -1.50. The lowest BCUT2D eigenvalue weighted by Gasteiger charge is -2.60. The minimum absolute atomic E-state index is 0.0387. The van der Waals surface area contributed by atoms with E-state index >= 15 is 0 Å².